The normalized spacial score (nSPS) is 15.8. The smallest absolute Gasteiger partial charge is 0.336 e. The first-order chi connectivity index (χ1) is 18.8. The van der Waals surface area contributed by atoms with Crippen LogP contribution in [0.4, 0.5) is 0 Å². The van der Waals surface area contributed by atoms with Crippen LogP contribution in [0.2, 0.25) is 0 Å². The van der Waals surface area contributed by atoms with Gasteiger partial charge in [-0.2, -0.15) is 0 Å². The van der Waals surface area contributed by atoms with Crippen molar-refractivity contribution in [1.82, 2.24) is 0 Å². The number of rotatable bonds is 6. The zero-order valence-corrected chi connectivity index (χ0v) is 21.5. The first-order valence-corrected chi connectivity index (χ1v) is 12.8. The second-order valence-corrected chi connectivity index (χ2v) is 9.91. The molecule has 0 fully saturated rings. The number of carbonyl (C=O) groups excluding carboxylic acids is 2. The van der Waals surface area contributed by atoms with Gasteiger partial charge in [0, 0.05) is 30.4 Å². The fourth-order valence-electron chi connectivity index (χ4n) is 5.50. The Bertz CT molecular complexity index is 1700. The Balaban J connectivity index is 1.31. The molecule has 3 heterocycles. The molecule has 1 atom stereocenters. The van der Waals surface area contributed by atoms with E-state index in [0.29, 0.717) is 23.5 Å². The maximum absolute atomic E-state index is 12.6. The monoisotopic (exact) mass is 526 g/mol. The molecule has 6 rings (SSSR count). The van der Waals surface area contributed by atoms with Crippen LogP contribution in [0.15, 0.2) is 57.7 Å². The van der Waals surface area contributed by atoms with E-state index in [1.807, 2.05) is 36.4 Å². The van der Waals surface area contributed by atoms with Gasteiger partial charge in [-0.25, -0.2) is 4.79 Å². The van der Waals surface area contributed by atoms with Crippen molar-refractivity contribution in [2.75, 3.05) is 13.2 Å². The molecule has 39 heavy (non-hydrogen) atoms. The number of esters is 1. The zero-order valence-electron chi connectivity index (χ0n) is 21.5. The van der Waals surface area contributed by atoms with Gasteiger partial charge < -0.3 is 23.7 Å². The van der Waals surface area contributed by atoms with Crippen molar-refractivity contribution in [3.05, 3.63) is 92.3 Å². The van der Waals surface area contributed by atoms with E-state index in [9.17, 15) is 19.5 Å². The second kappa shape index (κ2) is 9.62. The van der Waals surface area contributed by atoms with Crippen LogP contribution in [0.1, 0.15) is 57.4 Å². The van der Waals surface area contributed by atoms with Gasteiger partial charge in [-0.1, -0.05) is 24.3 Å². The Labute approximate surface area is 223 Å². The van der Waals surface area contributed by atoms with Gasteiger partial charge in [0.05, 0.1) is 25.0 Å². The number of benzene rings is 3. The van der Waals surface area contributed by atoms with E-state index in [2.05, 4.69) is 6.07 Å². The minimum atomic E-state index is -0.604. The van der Waals surface area contributed by atoms with Crippen LogP contribution in [0, 0.1) is 6.92 Å². The summed E-state index contributed by atoms with van der Waals surface area (Å²) >= 11 is 0. The van der Waals surface area contributed by atoms with Crippen molar-refractivity contribution in [3.63, 3.8) is 0 Å². The first-order valence-electron chi connectivity index (χ1n) is 12.8. The molecule has 3 aromatic carbocycles. The Morgan fingerprint density at radius 2 is 1.90 bits per heavy atom. The molecule has 0 spiro atoms. The predicted octanol–water partition coefficient (Wildman–Crippen LogP) is 5.01. The standard InChI is InChI=1S/C31H26O8/c1-16-13-24(33)38-30-26(16)29(35)27(17(2)32)31-28(30)22(15-25(34)39-31)19-4-6-21(7-5-19)36-11-9-18-3-8-23-20(14-18)10-12-37-23/h3-8,13-14,22,35H,9-12,15H2,1-2H3. The molecule has 2 aliphatic heterocycles. The van der Waals surface area contributed by atoms with Gasteiger partial charge in [-0.15, -0.1) is 0 Å². The number of hydrogen-bond donors (Lipinski definition) is 1. The maximum Gasteiger partial charge on any atom is 0.336 e. The quantitative estimate of drug-likeness (QED) is 0.162. The van der Waals surface area contributed by atoms with Gasteiger partial charge >= 0.3 is 11.6 Å². The van der Waals surface area contributed by atoms with Gasteiger partial charge in [0.25, 0.3) is 0 Å². The SMILES string of the molecule is CC(=O)c1c2c(c3oc(=O)cc(C)c3c1O)C(c1ccc(OCCc3ccc4c(c3)CCO4)cc1)CC(=O)O2. The predicted molar refractivity (Wildman–Crippen MR) is 142 cm³/mol. The highest BCUT2D eigenvalue weighted by molar-refractivity contribution is 6.09. The minimum Gasteiger partial charge on any atom is -0.506 e. The first kappa shape index (κ1) is 24.7. The Morgan fingerprint density at radius 1 is 1.10 bits per heavy atom. The molecule has 8 heteroatoms. The number of phenols is 1. The molecule has 0 saturated carbocycles. The Hall–Kier alpha value is -4.59. The molecular weight excluding hydrogens is 500 g/mol. The van der Waals surface area contributed by atoms with Crippen molar-refractivity contribution < 1.29 is 33.3 Å². The van der Waals surface area contributed by atoms with Crippen LogP contribution in [0.25, 0.3) is 11.0 Å². The molecule has 4 aromatic rings. The molecule has 8 nitrogen and oxygen atoms in total. The molecule has 198 valence electrons. The minimum absolute atomic E-state index is 0.0237. The van der Waals surface area contributed by atoms with Crippen molar-refractivity contribution in [2.24, 2.45) is 0 Å². The number of Topliss-reactive ketones (excluding diaryl/α,β-unsaturated/α-hetero) is 1. The number of aromatic hydroxyl groups is 1. The average Bonchev–Trinajstić information content (AvgIpc) is 3.36. The molecule has 0 radical (unpaired) electrons. The number of aryl methyl sites for hydroxylation is 1. The number of carbonyl (C=O) groups is 2. The number of fused-ring (bicyclic) bond motifs is 4. The van der Waals surface area contributed by atoms with E-state index < -0.39 is 23.3 Å². The Kier molecular flexibility index (Phi) is 6.10. The molecule has 0 saturated heterocycles. The van der Waals surface area contributed by atoms with E-state index in [4.69, 9.17) is 18.6 Å². The summed E-state index contributed by atoms with van der Waals surface area (Å²) in [5.41, 5.74) is 3.41. The van der Waals surface area contributed by atoms with Gasteiger partial charge in [-0.05, 0) is 54.3 Å². The van der Waals surface area contributed by atoms with Crippen LogP contribution in [-0.2, 0) is 17.6 Å². The van der Waals surface area contributed by atoms with Gasteiger partial charge in [0.15, 0.2) is 11.5 Å². The van der Waals surface area contributed by atoms with Crippen LogP contribution in [0.5, 0.6) is 23.0 Å². The number of phenolic OH excluding ortho intramolecular Hbond substituents is 1. The van der Waals surface area contributed by atoms with Gasteiger partial charge in [0.1, 0.15) is 28.4 Å². The molecule has 1 unspecified atom stereocenters. The largest absolute Gasteiger partial charge is 0.506 e. The zero-order chi connectivity index (χ0) is 27.3. The summed E-state index contributed by atoms with van der Waals surface area (Å²) in [6.45, 7) is 4.16. The summed E-state index contributed by atoms with van der Waals surface area (Å²) in [7, 11) is 0. The lowest BCUT2D eigenvalue weighted by atomic mass is 9.83. The lowest BCUT2D eigenvalue weighted by Crippen LogP contribution is -2.23. The van der Waals surface area contributed by atoms with Crippen LogP contribution >= 0.6 is 0 Å². The lowest BCUT2D eigenvalue weighted by molar-refractivity contribution is -0.135. The summed E-state index contributed by atoms with van der Waals surface area (Å²) in [5, 5.41) is 11.2. The van der Waals surface area contributed by atoms with Gasteiger partial charge in [0.2, 0.25) is 0 Å². The number of hydrogen-bond acceptors (Lipinski definition) is 8. The van der Waals surface area contributed by atoms with E-state index in [0.717, 1.165) is 30.8 Å². The highest BCUT2D eigenvalue weighted by Gasteiger charge is 2.37. The van der Waals surface area contributed by atoms with Crippen LogP contribution in [0.3, 0.4) is 0 Å². The molecule has 0 amide bonds. The molecule has 1 N–H and O–H groups in total. The summed E-state index contributed by atoms with van der Waals surface area (Å²) < 4.78 is 22.6. The highest BCUT2D eigenvalue weighted by Crippen LogP contribution is 2.49. The van der Waals surface area contributed by atoms with E-state index in [-0.39, 0.29) is 34.5 Å². The lowest BCUT2D eigenvalue weighted by Gasteiger charge is -2.28. The van der Waals surface area contributed by atoms with E-state index in [1.165, 1.54) is 24.1 Å². The van der Waals surface area contributed by atoms with Crippen LogP contribution < -0.4 is 19.8 Å². The van der Waals surface area contributed by atoms with Crippen molar-refractivity contribution >= 4 is 22.7 Å². The van der Waals surface area contributed by atoms with Crippen molar-refractivity contribution in [3.8, 4) is 23.0 Å². The third kappa shape index (κ3) is 4.41. The molecule has 0 aliphatic carbocycles. The highest BCUT2D eigenvalue weighted by atomic mass is 16.5. The summed E-state index contributed by atoms with van der Waals surface area (Å²) in [4.78, 5) is 37.5. The topological polar surface area (TPSA) is 112 Å². The van der Waals surface area contributed by atoms with Crippen molar-refractivity contribution in [2.45, 2.75) is 39.0 Å². The molecule has 1 aromatic heterocycles. The average molecular weight is 527 g/mol. The van der Waals surface area contributed by atoms with Crippen molar-refractivity contribution in [1.29, 1.82) is 0 Å². The Morgan fingerprint density at radius 3 is 2.67 bits per heavy atom. The summed E-state index contributed by atoms with van der Waals surface area (Å²) in [6, 6.07) is 14.8. The van der Waals surface area contributed by atoms with Gasteiger partial charge in [-0.3, -0.25) is 9.59 Å². The molecular formula is C31H26O8. The second-order valence-electron chi connectivity index (χ2n) is 9.91. The summed E-state index contributed by atoms with van der Waals surface area (Å²) in [6.07, 6.45) is 1.65. The molecule has 0 bridgehead atoms. The summed E-state index contributed by atoms with van der Waals surface area (Å²) in [5.74, 6) is -0.392. The third-order valence-electron chi connectivity index (χ3n) is 7.33. The fourth-order valence-corrected chi connectivity index (χ4v) is 5.50. The fraction of sp³-hybridized carbons (Fsp3) is 0.258. The van der Waals surface area contributed by atoms with Crippen LogP contribution in [-0.4, -0.2) is 30.1 Å². The van der Waals surface area contributed by atoms with E-state index in [1.54, 1.807) is 6.92 Å². The number of ether oxygens (including phenoxy) is 3. The third-order valence-corrected chi connectivity index (χ3v) is 7.33. The maximum atomic E-state index is 12.6. The molecule has 2 aliphatic rings. The number of ketones is 1. The van der Waals surface area contributed by atoms with E-state index >= 15 is 0 Å².